The molecule has 0 aliphatic rings. The molecule has 0 heterocycles. The number of rotatable bonds is 5. The standard InChI is InChI=1S/C15H16ClNS/c1-12-6-8-13(9-7-12)17-10-11-18-15-5-3-2-4-14(15)16/h2-9,17H,10-11H2,1H3. The maximum absolute atomic E-state index is 6.10. The summed E-state index contributed by atoms with van der Waals surface area (Å²) in [5, 5.41) is 4.23. The average Bonchev–Trinajstić information content (AvgIpc) is 2.39. The van der Waals surface area contributed by atoms with Crippen LogP contribution in [0.2, 0.25) is 5.02 Å². The largest absolute Gasteiger partial charge is 0.384 e. The van der Waals surface area contributed by atoms with Gasteiger partial charge in [0.15, 0.2) is 0 Å². The Morgan fingerprint density at radius 2 is 1.78 bits per heavy atom. The number of benzene rings is 2. The summed E-state index contributed by atoms with van der Waals surface area (Å²) in [6.07, 6.45) is 0. The molecule has 0 amide bonds. The fourth-order valence-electron chi connectivity index (χ4n) is 1.59. The molecular formula is C15H16ClNS. The lowest BCUT2D eigenvalue weighted by Crippen LogP contribution is -2.03. The van der Waals surface area contributed by atoms with Crippen molar-refractivity contribution in [1.29, 1.82) is 0 Å². The number of hydrogen-bond donors (Lipinski definition) is 1. The molecule has 0 aliphatic carbocycles. The molecule has 2 rings (SSSR count). The summed E-state index contributed by atoms with van der Waals surface area (Å²) in [6, 6.07) is 16.4. The van der Waals surface area contributed by atoms with E-state index in [1.54, 1.807) is 11.8 Å². The molecule has 0 fully saturated rings. The SMILES string of the molecule is Cc1ccc(NCCSc2ccccc2Cl)cc1. The van der Waals surface area contributed by atoms with E-state index in [1.807, 2.05) is 18.2 Å². The van der Waals surface area contributed by atoms with Crippen LogP contribution in [-0.4, -0.2) is 12.3 Å². The van der Waals surface area contributed by atoms with Gasteiger partial charge in [-0.15, -0.1) is 11.8 Å². The van der Waals surface area contributed by atoms with Gasteiger partial charge in [0.1, 0.15) is 0 Å². The Morgan fingerprint density at radius 1 is 1.06 bits per heavy atom. The highest BCUT2D eigenvalue weighted by atomic mass is 35.5. The molecule has 1 N–H and O–H groups in total. The lowest BCUT2D eigenvalue weighted by molar-refractivity contribution is 1.22. The third-order valence-corrected chi connectivity index (χ3v) is 4.09. The number of aryl methyl sites for hydroxylation is 1. The summed E-state index contributed by atoms with van der Waals surface area (Å²) in [5.41, 5.74) is 2.45. The number of thioether (sulfide) groups is 1. The molecule has 0 unspecified atom stereocenters. The first-order valence-electron chi connectivity index (χ1n) is 5.93. The zero-order valence-electron chi connectivity index (χ0n) is 10.3. The Bertz CT molecular complexity index is 496. The van der Waals surface area contributed by atoms with Crippen LogP contribution in [0.3, 0.4) is 0 Å². The Kier molecular flexibility index (Phi) is 4.97. The third kappa shape index (κ3) is 3.97. The topological polar surface area (TPSA) is 12.0 Å². The van der Waals surface area contributed by atoms with Crippen LogP contribution in [0.25, 0.3) is 0 Å². The average molecular weight is 278 g/mol. The minimum absolute atomic E-state index is 0.831. The Labute approximate surface area is 118 Å². The molecule has 0 saturated heterocycles. The third-order valence-electron chi connectivity index (χ3n) is 2.58. The van der Waals surface area contributed by atoms with Gasteiger partial charge in [0.25, 0.3) is 0 Å². The predicted molar refractivity (Wildman–Crippen MR) is 81.8 cm³/mol. The Balaban J connectivity index is 1.76. The van der Waals surface area contributed by atoms with E-state index >= 15 is 0 Å². The highest BCUT2D eigenvalue weighted by Crippen LogP contribution is 2.26. The van der Waals surface area contributed by atoms with Crippen molar-refractivity contribution in [1.82, 2.24) is 0 Å². The number of anilines is 1. The second-order valence-corrected chi connectivity index (χ2v) is 5.62. The second kappa shape index (κ2) is 6.72. The van der Waals surface area contributed by atoms with Crippen LogP contribution in [0.15, 0.2) is 53.4 Å². The zero-order chi connectivity index (χ0) is 12.8. The highest BCUT2D eigenvalue weighted by Gasteiger charge is 1.99. The van der Waals surface area contributed by atoms with Gasteiger partial charge in [-0.3, -0.25) is 0 Å². The molecule has 0 aliphatic heterocycles. The van der Waals surface area contributed by atoms with Crippen LogP contribution >= 0.6 is 23.4 Å². The van der Waals surface area contributed by atoms with Gasteiger partial charge in [-0.1, -0.05) is 41.4 Å². The van der Waals surface area contributed by atoms with Gasteiger partial charge in [0.05, 0.1) is 5.02 Å². The van der Waals surface area contributed by atoms with Gasteiger partial charge in [0, 0.05) is 22.9 Å². The first-order chi connectivity index (χ1) is 8.75. The lowest BCUT2D eigenvalue weighted by Gasteiger charge is -2.07. The smallest absolute Gasteiger partial charge is 0.0541 e. The lowest BCUT2D eigenvalue weighted by atomic mass is 10.2. The molecule has 3 heteroatoms. The Hall–Kier alpha value is -1.12. The van der Waals surface area contributed by atoms with Crippen LogP contribution in [0, 0.1) is 6.92 Å². The number of halogens is 1. The van der Waals surface area contributed by atoms with E-state index in [0.717, 1.165) is 22.2 Å². The maximum atomic E-state index is 6.10. The van der Waals surface area contributed by atoms with Crippen molar-refractivity contribution in [2.24, 2.45) is 0 Å². The summed E-state index contributed by atoms with van der Waals surface area (Å²) in [4.78, 5) is 1.14. The molecule has 0 bridgehead atoms. The highest BCUT2D eigenvalue weighted by molar-refractivity contribution is 7.99. The van der Waals surface area contributed by atoms with Gasteiger partial charge in [-0.2, -0.15) is 0 Å². The van der Waals surface area contributed by atoms with E-state index in [2.05, 4.69) is 42.6 Å². The molecule has 0 radical (unpaired) electrons. The van der Waals surface area contributed by atoms with E-state index in [9.17, 15) is 0 Å². The predicted octanol–water partition coefficient (Wildman–Crippen LogP) is 4.85. The van der Waals surface area contributed by atoms with Crippen LogP contribution in [0.1, 0.15) is 5.56 Å². The van der Waals surface area contributed by atoms with Gasteiger partial charge in [0.2, 0.25) is 0 Å². The molecule has 0 atom stereocenters. The van der Waals surface area contributed by atoms with E-state index in [4.69, 9.17) is 11.6 Å². The normalized spacial score (nSPS) is 10.3. The fourth-order valence-corrected chi connectivity index (χ4v) is 2.69. The van der Waals surface area contributed by atoms with Crippen LogP contribution in [0.5, 0.6) is 0 Å². The van der Waals surface area contributed by atoms with Crippen molar-refractivity contribution in [2.45, 2.75) is 11.8 Å². The molecule has 0 saturated carbocycles. The van der Waals surface area contributed by atoms with Crippen molar-refractivity contribution >= 4 is 29.1 Å². The zero-order valence-corrected chi connectivity index (χ0v) is 11.9. The fraction of sp³-hybridized carbons (Fsp3) is 0.200. The minimum Gasteiger partial charge on any atom is -0.384 e. The van der Waals surface area contributed by atoms with Crippen molar-refractivity contribution < 1.29 is 0 Å². The Morgan fingerprint density at radius 3 is 2.50 bits per heavy atom. The van der Waals surface area contributed by atoms with E-state index in [1.165, 1.54) is 11.3 Å². The van der Waals surface area contributed by atoms with Gasteiger partial charge in [-0.05, 0) is 31.2 Å². The molecule has 0 spiro atoms. The summed E-state index contributed by atoms with van der Waals surface area (Å²) in [5.74, 6) is 0.998. The summed E-state index contributed by atoms with van der Waals surface area (Å²) >= 11 is 7.87. The van der Waals surface area contributed by atoms with Crippen LogP contribution in [0.4, 0.5) is 5.69 Å². The van der Waals surface area contributed by atoms with Gasteiger partial charge in [-0.25, -0.2) is 0 Å². The van der Waals surface area contributed by atoms with E-state index in [0.29, 0.717) is 0 Å². The van der Waals surface area contributed by atoms with Crippen LogP contribution in [-0.2, 0) is 0 Å². The summed E-state index contributed by atoms with van der Waals surface area (Å²) in [7, 11) is 0. The molecule has 18 heavy (non-hydrogen) atoms. The van der Waals surface area contributed by atoms with E-state index < -0.39 is 0 Å². The van der Waals surface area contributed by atoms with Gasteiger partial charge >= 0.3 is 0 Å². The monoisotopic (exact) mass is 277 g/mol. The summed E-state index contributed by atoms with van der Waals surface area (Å²) < 4.78 is 0. The second-order valence-electron chi connectivity index (χ2n) is 4.07. The first kappa shape index (κ1) is 13.3. The quantitative estimate of drug-likeness (QED) is 0.619. The molecule has 2 aromatic carbocycles. The van der Waals surface area contributed by atoms with Crippen molar-refractivity contribution in [3.05, 3.63) is 59.1 Å². The van der Waals surface area contributed by atoms with Crippen molar-refractivity contribution in [2.75, 3.05) is 17.6 Å². The number of nitrogens with one attached hydrogen (secondary N) is 1. The molecular weight excluding hydrogens is 262 g/mol. The molecule has 1 nitrogen and oxygen atoms in total. The molecule has 0 aromatic heterocycles. The van der Waals surface area contributed by atoms with Crippen molar-refractivity contribution in [3.8, 4) is 0 Å². The van der Waals surface area contributed by atoms with Gasteiger partial charge < -0.3 is 5.32 Å². The number of hydrogen-bond acceptors (Lipinski definition) is 2. The first-order valence-corrected chi connectivity index (χ1v) is 7.30. The molecule has 2 aromatic rings. The van der Waals surface area contributed by atoms with Crippen molar-refractivity contribution in [3.63, 3.8) is 0 Å². The summed E-state index contributed by atoms with van der Waals surface area (Å²) in [6.45, 7) is 3.02. The molecule has 94 valence electrons. The maximum Gasteiger partial charge on any atom is 0.0541 e. The van der Waals surface area contributed by atoms with E-state index in [-0.39, 0.29) is 0 Å². The minimum atomic E-state index is 0.831. The van der Waals surface area contributed by atoms with Crippen LogP contribution < -0.4 is 5.32 Å².